The van der Waals surface area contributed by atoms with E-state index in [1.807, 2.05) is 18.3 Å². The molecule has 0 saturated carbocycles. The van der Waals surface area contributed by atoms with Crippen LogP contribution in [0.2, 0.25) is 0 Å². The van der Waals surface area contributed by atoms with Crippen molar-refractivity contribution in [2.75, 3.05) is 20.8 Å². The Morgan fingerprint density at radius 1 is 1.22 bits per heavy atom. The Hall–Kier alpha value is -3.06. The molecule has 0 aliphatic carbocycles. The van der Waals surface area contributed by atoms with Crippen LogP contribution in [0.5, 0.6) is 17.2 Å². The van der Waals surface area contributed by atoms with Gasteiger partial charge in [-0.3, -0.25) is 4.90 Å². The van der Waals surface area contributed by atoms with Crippen LogP contribution in [0.1, 0.15) is 16.8 Å². The van der Waals surface area contributed by atoms with Crippen molar-refractivity contribution in [1.82, 2.24) is 14.9 Å². The molecule has 2 aromatic heterocycles. The van der Waals surface area contributed by atoms with E-state index in [0.29, 0.717) is 29.6 Å². The zero-order chi connectivity index (χ0) is 18.8. The van der Waals surface area contributed by atoms with E-state index in [-0.39, 0.29) is 5.75 Å². The van der Waals surface area contributed by atoms with Gasteiger partial charge in [0.25, 0.3) is 0 Å². The van der Waals surface area contributed by atoms with Crippen molar-refractivity contribution in [3.63, 3.8) is 0 Å². The lowest BCUT2D eigenvalue weighted by molar-refractivity contribution is 0.234. The maximum atomic E-state index is 9.82. The molecule has 0 radical (unpaired) electrons. The van der Waals surface area contributed by atoms with Crippen LogP contribution in [0.4, 0.5) is 0 Å². The van der Waals surface area contributed by atoms with Crippen LogP contribution in [0.15, 0.2) is 41.1 Å². The highest BCUT2D eigenvalue weighted by Crippen LogP contribution is 2.35. The molecule has 1 aliphatic heterocycles. The van der Waals surface area contributed by atoms with Crippen molar-refractivity contribution in [2.45, 2.75) is 19.5 Å². The normalized spacial score (nSPS) is 14.0. The Labute approximate surface area is 157 Å². The van der Waals surface area contributed by atoms with Crippen molar-refractivity contribution in [3.8, 4) is 28.8 Å². The largest absolute Gasteiger partial charge is 0.508 e. The lowest BCUT2D eigenvalue weighted by Crippen LogP contribution is -2.31. The standard InChI is InChI=1S/C20H21N3O4/c1-25-18-8-14(24)9-19(26-2)15(18)12-23-6-5-16-13(11-23)10-21-20(22-16)17-4-3-7-27-17/h3-4,7-10,24H,5-6,11-12H2,1-2H3. The van der Waals surface area contributed by atoms with Crippen molar-refractivity contribution in [3.05, 3.63) is 53.5 Å². The first kappa shape index (κ1) is 17.4. The third-order valence-electron chi connectivity index (χ3n) is 4.73. The second-order valence-electron chi connectivity index (χ2n) is 6.43. The molecule has 3 heterocycles. The zero-order valence-electron chi connectivity index (χ0n) is 15.3. The van der Waals surface area contributed by atoms with E-state index in [4.69, 9.17) is 13.9 Å². The SMILES string of the molecule is COc1cc(O)cc(OC)c1CN1CCc2nc(-c3ccco3)ncc2C1. The summed E-state index contributed by atoms with van der Waals surface area (Å²) in [5, 5.41) is 9.82. The predicted molar refractivity (Wildman–Crippen MR) is 98.8 cm³/mol. The summed E-state index contributed by atoms with van der Waals surface area (Å²) in [5.41, 5.74) is 3.07. The number of ether oxygens (including phenoxy) is 2. The molecule has 0 unspecified atom stereocenters. The van der Waals surface area contributed by atoms with Crippen LogP contribution in [-0.2, 0) is 19.5 Å². The summed E-state index contributed by atoms with van der Waals surface area (Å²) < 4.78 is 16.3. The predicted octanol–water partition coefficient (Wildman–Crippen LogP) is 3.02. The third kappa shape index (κ3) is 3.46. The zero-order valence-corrected chi connectivity index (χ0v) is 15.3. The lowest BCUT2D eigenvalue weighted by atomic mass is 10.1. The summed E-state index contributed by atoms with van der Waals surface area (Å²) in [5.74, 6) is 2.65. The number of aromatic hydroxyl groups is 1. The van der Waals surface area contributed by atoms with E-state index in [1.165, 1.54) is 0 Å². The van der Waals surface area contributed by atoms with Gasteiger partial charge >= 0.3 is 0 Å². The molecule has 27 heavy (non-hydrogen) atoms. The van der Waals surface area contributed by atoms with Crippen molar-refractivity contribution in [2.24, 2.45) is 0 Å². The second kappa shape index (κ2) is 7.28. The fourth-order valence-corrected chi connectivity index (χ4v) is 3.38. The number of fused-ring (bicyclic) bond motifs is 1. The topological polar surface area (TPSA) is 80.9 Å². The van der Waals surface area contributed by atoms with E-state index in [1.54, 1.807) is 32.6 Å². The van der Waals surface area contributed by atoms with Gasteiger partial charge in [-0.05, 0) is 12.1 Å². The maximum absolute atomic E-state index is 9.82. The number of phenols is 1. The number of furan rings is 1. The average molecular weight is 367 g/mol. The van der Waals surface area contributed by atoms with E-state index in [0.717, 1.165) is 36.3 Å². The number of nitrogens with zero attached hydrogens (tertiary/aromatic N) is 3. The molecule has 4 rings (SSSR count). The number of benzene rings is 1. The molecule has 7 nitrogen and oxygen atoms in total. The fraction of sp³-hybridized carbons (Fsp3) is 0.300. The van der Waals surface area contributed by atoms with Gasteiger partial charge in [-0.15, -0.1) is 0 Å². The average Bonchev–Trinajstić information content (AvgIpc) is 3.23. The Bertz CT molecular complexity index is 915. The molecule has 0 spiro atoms. The highest BCUT2D eigenvalue weighted by molar-refractivity contribution is 5.50. The molecule has 1 aromatic carbocycles. The van der Waals surface area contributed by atoms with Gasteiger partial charge < -0.3 is 19.0 Å². The summed E-state index contributed by atoms with van der Waals surface area (Å²) in [6, 6.07) is 6.90. The smallest absolute Gasteiger partial charge is 0.195 e. The van der Waals surface area contributed by atoms with Gasteiger partial charge in [0, 0.05) is 49.9 Å². The van der Waals surface area contributed by atoms with E-state index >= 15 is 0 Å². The number of hydrogen-bond donors (Lipinski definition) is 1. The van der Waals surface area contributed by atoms with E-state index < -0.39 is 0 Å². The number of phenolic OH excluding ortho intramolecular Hbond substituents is 1. The summed E-state index contributed by atoms with van der Waals surface area (Å²) in [6.07, 6.45) is 4.32. The highest BCUT2D eigenvalue weighted by Gasteiger charge is 2.22. The van der Waals surface area contributed by atoms with Crippen LogP contribution in [-0.4, -0.2) is 40.7 Å². The molecule has 0 amide bonds. The van der Waals surface area contributed by atoms with Crippen LogP contribution in [0.3, 0.4) is 0 Å². The van der Waals surface area contributed by atoms with Gasteiger partial charge in [0.2, 0.25) is 0 Å². The van der Waals surface area contributed by atoms with Gasteiger partial charge in [-0.2, -0.15) is 0 Å². The van der Waals surface area contributed by atoms with Crippen LogP contribution in [0, 0.1) is 0 Å². The number of rotatable bonds is 5. The van der Waals surface area contributed by atoms with Crippen LogP contribution < -0.4 is 9.47 Å². The number of hydrogen-bond acceptors (Lipinski definition) is 7. The first-order chi connectivity index (χ1) is 13.2. The van der Waals surface area contributed by atoms with Gasteiger partial charge in [-0.1, -0.05) is 0 Å². The number of aromatic nitrogens is 2. The van der Waals surface area contributed by atoms with Crippen molar-refractivity contribution >= 4 is 0 Å². The van der Waals surface area contributed by atoms with Gasteiger partial charge in [0.15, 0.2) is 11.6 Å². The molecule has 0 saturated heterocycles. The summed E-state index contributed by atoms with van der Waals surface area (Å²) >= 11 is 0. The second-order valence-corrected chi connectivity index (χ2v) is 6.43. The Morgan fingerprint density at radius 2 is 2.00 bits per heavy atom. The van der Waals surface area contributed by atoms with E-state index in [9.17, 15) is 5.11 Å². The Kier molecular flexibility index (Phi) is 4.68. The summed E-state index contributed by atoms with van der Waals surface area (Å²) in [4.78, 5) is 11.4. The first-order valence-electron chi connectivity index (χ1n) is 8.73. The minimum Gasteiger partial charge on any atom is -0.508 e. The van der Waals surface area contributed by atoms with Gasteiger partial charge in [-0.25, -0.2) is 9.97 Å². The molecular formula is C20H21N3O4. The monoisotopic (exact) mass is 367 g/mol. The number of methoxy groups -OCH3 is 2. The quantitative estimate of drug-likeness (QED) is 0.742. The lowest BCUT2D eigenvalue weighted by Gasteiger charge is -2.29. The molecule has 3 aromatic rings. The van der Waals surface area contributed by atoms with Crippen LogP contribution >= 0.6 is 0 Å². The Balaban J connectivity index is 1.56. The van der Waals surface area contributed by atoms with Gasteiger partial charge in [0.05, 0.1) is 31.7 Å². The minimum atomic E-state index is 0.121. The molecule has 0 fully saturated rings. The molecule has 0 bridgehead atoms. The molecule has 1 aliphatic rings. The molecule has 0 atom stereocenters. The summed E-state index contributed by atoms with van der Waals surface area (Å²) in [7, 11) is 3.18. The molecule has 7 heteroatoms. The van der Waals surface area contributed by atoms with Crippen molar-refractivity contribution in [1.29, 1.82) is 0 Å². The van der Waals surface area contributed by atoms with Crippen molar-refractivity contribution < 1.29 is 19.0 Å². The minimum absolute atomic E-state index is 0.121. The van der Waals surface area contributed by atoms with Crippen LogP contribution in [0.25, 0.3) is 11.6 Å². The summed E-state index contributed by atoms with van der Waals surface area (Å²) in [6.45, 7) is 2.24. The molecule has 140 valence electrons. The van der Waals surface area contributed by atoms with Gasteiger partial charge in [0.1, 0.15) is 17.2 Å². The highest BCUT2D eigenvalue weighted by atomic mass is 16.5. The maximum Gasteiger partial charge on any atom is 0.195 e. The van der Waals surface area contributed by atoms with E-state index in [2.05, 4.69) is 14.9 Å². The first-order valence-corrected chi connectivity index (χ1v) is 8.73. The third-order valence-corrected chi connectivity index (χ3v) is 4.73. The Morgan fingerprint density at radius 3 is 2.67 bits per heavy atom. The fourth-order valence-electron chi connectivity index (χ4n) is 3.38. The molecule has 1 N–H and O–H groups in total. The molecular weight excluding hydrogens is 346 g/mol.